The summed E-state index contributed by atoms with van der Waals surface area (Å²) in [6.45, 7) is -0.0595. The highest BCUT2D eigenvalue weighted by atomic mass is 35.5. The molecule has 2 amide bonds. The smallest absolute Gasteiger partial charge is 0.407 e. The third-order valence-corrected chi connectivity index (χ3v) is 5.46. The van der Waals surface area contributed by atoms with Crippen LogP contribution in [-0.4, -0.2) is 50.0 Å². The van der Waals surface area contributed by atoms with Gasteiger partial charge in [-0.25, -0.2) is 17.6 Å². The third kappa shape index (κ3) is 6.09. The number of hydrogen-bond donors (Lipinski definition) is 3. The summed E-state index contributed by atoms with van der Waals surface area (Å²) in [6, 6.07) is 10.1. The number of anilines is 2. The minimum absolute atomic E-state index is 0.0671. The van der Waals surface area contributed by atoms with Crippen molar-refractivity contribution in [3.8, 4) is 0 Å². The van der Waals surface area contributed by atoms with Crippen LogP contribution in [0.5, 0.6) is 0 Å². The summed E-state index contributed by atoms with van der Waals surface area (Å²) in [7, 11) is -3.25. The number of nitrogens with zero attached hydrogens (tertiary/aromatic N) is 1. The van der Waals surface area contributed by atoms with E-state index in [9.17, 15) is 27.5 Å². The van der Waals surface area contributed by atoms with Crippen molar-refractivity contribution in [3.63, 3.8) is 0 Å². The molecule has 172 valence electrons. The van der Waals surface area contributed by atoms with Crippen LogP contribution in [-0.2, 0) is 25.9 Å². The average Bonchev–Trinajstić information content (AvgIpc) is 2.98. The zero-order valence-corrected chi connectivity index (χ0v) is 18.5. The molecule has 1 saturated heterocycles. The number of aliphatic hydroxyl groups is 1. The van der Waals surface area contributed by atoms with Crippen LogP contribution in [0.2, 0.25) is 5.02 Å². The largest absolute Gasteiger partial charge is 0.410 e. The molecule has 1 unspecified atom stereocenters. The van der Waals surface area contributed by atoms with E-state index in [0.717, 1.165) is 12.3 Å². The minimum Gasteiger partial charge on any atom is -0.407 e. The first-order chi connectivity index (χ1) is 14.9. The Balaban J connectivity index is 1.62. The normalized spacial score (nSPS) is 18.5. The Hall–Kier alpha value is -2.89. The van der Waals surface area contributed by atoms with Crippen molar-refractivity contribution in [2.75, 3.05) is 28.9 Å². The van der Waals surface area contributed by atoms with E-state index in [1.807, 2.05) is 0 Å². The fourth-order valence-electron chi connectivity index (χ4n) is 3.10. The number of alkyl carbamates (subject to hydrolysis) is 1. The molecule has 2 aromatic rings. The van der Waals surface area contributed by atoms with Crippen molar-refractivity contribution in [2.45, 2.75) is 18.8 Å². The molecule has 0 radical (unpaired) electrons. The van der Waals surface area contributed by atoms with E-state index in [-0.39, 0.29) is 30.4 Å². The van der Waals surface area contributed by atoms with Crippen molar-refractivity contribution in [2.24, 2.45) is 0 Å². The van der Waals surface area contributed by atoms with Crippen LogP contribution in [0.1, 0.15) is 12.0 Å². The van der Waals surface area contributed by atoms with Crippen molar-refractivity contribution in [3.05, 3.63) is 58.9 Å². The van der Waals surface area contributed by atoms with Crippen LogP contribution in [0, 0.1) is 5.82 Å². The predicted molar refractivity (Wildman–Crippen MR) is 116 cm³/mol. The van der Waals surface area contributed by atoms with Gasteiger partial charge in [0.05, 0.1) is 0 Å². The van der Waals surface area contributed by atoms with Gasteiger partial charge in [-0.3, -0.25) is 4.79 Å². The van der Waals surface area contributed by atoms with E-state index in [0.29, 0.717) is 16.9 Å². The topological polar surface area (TPSA) is 125 Å². The zero-order valence-electron chi connectivity index (χ0n) is 17.0. The second-order valence-electron chi connectivity index (χ2n) is 7.31. The molecule has 32 heavy (non-hydrogen) atoms. The Bertz CT molecular complexity index is 1130. The summed E-state index contributed by atoms with van der Waals surface area (Å²) in [5.74, 6) is -4.08. The zero-order chi connectivity index (χ0) is 23.5. The maximum absolute atomic E-state index is 13.4. The van der Waals surface area contributed by atoms with Gasteiger partial charge in [0.25, 0.3) is 11.7 Å². The van der Waals surface area contributed by atoms with Gasteiger partial charge >= 0.3 is 6.09 Å². The van der Waals surface area contributed by atoms with Crippen LogP contribution in [0.25, 0.3) is 0 Å². The van der Waals surface area contributed by atoms with Crippen LogP contribution in [0.15, 0.2) is 42.5 Å². The molecule has 0 bridgehead atoms. The number of nitrogens with one attached hydrogen (secondary N) is 2. The summed E-state index contributed by atoms with van der Waals surface area (Å²) in [5.41, 5.74) is 1.23. The van der Waals surface area contributed by atoms with Gasteiger partial charge < -0.3 is 25.4 Å². The summed E-state index contributed by atoms with van der Waals surface area (Å²) in [5, 5.41) is 15.8. The van der Waals surface area contributed by atoms with Crippen LogP contribution in [0.4, 0.5) is 20.6 Å². The Morgan fingerprint density at radius 3 is 2.75 bits per heavy atom. The van der Waals surface area contributed by atoms with E-state index in [1.165, 1.54) is 17.0 Å². The van der Waals surface area contributed by atoms with Crippen molar-refractivity contribution >= 4 is 44.8 Å². The van der Waals surface area contributed by atoms with Gasteiger partial charge in [-0.15, -0.1) is 0 Å². The molecule has 0 saturated carbocycles. The average molecular weight is 486 g/mol. The number of halogens is 2. The quantitative estimate of drug-likeness (QED) is 0.513. The lowest BCUT2D eigenvalue weighted by atomic mass is 10.2. The molecular formula is C20H21ClFN3O6S. The lowest BCUT2D eigenvalue weighted by Gasteiger charge is -2.23. The van der Waals surface area contributed by atoms with Gasteiger partial charge in [-0.05, 0) is 42.0 Å². The Morgan fingerprint density at radius 1 is 1.31 bits per heavy atom. The maximum Gasteiger partial charge on any atom is 0.410 e. The number of amides is 2. The molecule has 0 aliphatic carbocycles. The summed E-state index contributed by atoms with van der Waals surface area (Å²) in [6.07, 6.45) is -0.155. The standard InChI is InChI=1S/C20H21ClFN3O6S/c1-32(29,30)12-24-16-3-2-4-17(10-16)25-6-5-20(28,18(25)26)31-19(27)23-11-13-7-14(21)9-15(22)8-13/h2-4,7-10,24,28H,5-6,11-12H2,1H3,(H,23,27). The van der Waals surface area contributed by atoms with Crippen molar-refractivity contribution in [1.29, 1.82) is 0 Å². The maximum atomic E-state index is 13.4. The SMILES string of the molecule is CS(=O)(=O)CNc1cccc(N2CCC(O)(OC(=O)NCc3cc(F)cc(Cl)c3)C2=O)c1. The lowest BCUT2D eigenvalue weighted by molar-refractivity contribution is -0.175. The molecule has 1 aliphatic rings. The van der Waals surface area contributed by atoms with Gasteiger partial charge in [-0.1, -0.05) is 17.7 Å². The number of ether oxygens (including phenoxy) is 1. The fourth-order valence-corrected chi connectivity index (χ4v) is 3.77. The fraction of sp³-hybridized carbons (Fsp3) is 0.300. The van der Waals surface area contributed by atoms with Crippen LogP contribution in [0.3, 0.4) is 0 Å². The molecule has 9 nitrogen and oxygen atoms in total. The van der Waals surface area contributed by atoms with E-state index >= 15 is 0 Å². The highest BCUT2D eigenvalue weighted by molar-refractivity contribution is 7.90. The van der Waals surface area contributed by atoms with Crippen LogP contribution >= 0.6 is 11.6 Å². The van der Waals surface area contributed by atoms with Crippen molar-refractivity contribution < 1.29 is 32.2 Å². The number of sulfone groups is 1. The van der Waals surface area contributed by atoms with Crippen molar-refractivity contribution in [1.82, 2.24) is 5.32 Å². The van der Waals surface area contributed by atoms with E-state index in [1.54, 1.807) is 24.3 Å². The Labute approximate surface area is 189 Å². The monoisotopic (exact) mass is 485 g/mol. The summed E-state index contributed by atoms with van der Waals surface area (Å²) in [4.78, 5) is 26.1. The molecule has 0 aromatic heterocycles. The Morgan fingerprint density at radius 2 is 2.06 bits per heavy atom. The first kappa shape index (κ1) is 23.8. The van der Waals surface area contributed by atoms with Gasteiger partial charge in [-0.2, -0.15) is 0 Å². The van der Waals surface area contributed by atoms with E-state index in [4.69, 9.17) is 16.3 Å². The predicted octanol–water partition coefficient (Wildman–Crippen LogP) is 2.24. The highest BCUT2D eigenvalue weighted by Gasteiger charge is 2.49. The van der Waals surface area contributed by atoms with Gasteiger partial charge in [0.2, 0.25) is 0 Å². The Kier molecular flexibility index (Phi) is 6.91. The molecular weight excluding hydrogens is 465 g/mol. The van der Waals surface area contributed by atoms with Gasteiger partial charge in [0.1, 0.15) is 11.7 Å². The van der Waals surface area contributed by atoms with Crippen LogP contribution < -0.4 is 15.5 Å². The van der Waals surface area contributed by atoms with Gasteiger partial charge in [0.15, 0.2) is 9.84 Å². The van der Waals surface area contributed by atoms with E-state index < -0.39 is 33.4 Å². The lowest BCUT2D eigenvalue weighted by Crippen LogP contribution is -2.46. The van der Waals surface area contributed by atoms with E-state index in [2.05, 4.69) is 10.6 Å². The number of carbonyl (C=O) groups is 2. The minimum atomic E-state index is -3.25. The summed E-state index contributed by atoms with van der Waals surface area (Å²) < 4.78 is 41.0. The second kappa shape index (κ2) is 9.31. The molecule has 3 N–H and O–H groups in total. The molecule has 2 aromatic carbocycles. The number of benzene rings is 2. The molecule has 1 fully saturated rings. The molecule has 1 atom stereocenters. The second-order valence-corrected chi connectivity index (χ2v) is 9.89. The number of hydrogen-bond acceptors (Lipinski definition) is 7. The molecule has 0 spiro atoms. The van der Waals surface area contributed by atoms with Gasteiger partial charge in [0, 0.05) is 42.2 Å². The molecule has 1 heterocycles. The first-order valence-electron chi connectivity index (χ1n) is 9.43. The first-order valence-corrected chi connectivity index (χ1v) is 11.9. The molecule has 1 aliphatic heterocycles. The number of carbonyl (C=O) groups excluding carboxylic acids is 2. The highest BCUT2D eigenvalue weighted by Crippen LogP contribution is 2.30. The number of rotatable bonds is 7. The summed E-state index contributed by atoms with van der Waals surface area (Å²) >= 11 is 5.76. The molecule has 12 heteroatoms. The third-order valence-electron chi connectivity index (χ3n) is 4.57. The molecule has 3 rings (SSSR count).